The second-order valence-electron chi connectivity index (χ2n) is 5.67. The Morgan fingerprint density at radius 2 is 2.14 bits per heavy atom. The minimum absolute atomic E-state index is 0. The Morgan fingerprint density at radius 1 is 1.41 bits per heavy atom. The van der Waals surface area contributed by atoms with Crippen LogP contribution in [0.25, 0.3) is 0 Å². The Hall–Kier alpha value is -0.970. The van der Waals surface area contributed by atoms with Crippen molar-refractivity contribution in [3.8, 4) is 5.75 Å². The predicted molar refractivity (Wildman–Crippen MR) is 91.8 cm³/mol. The summed E-state index contributed by atoms with van der Waals surface area (Å²) in [5.41, 5.74) is 6.02. The van der Waals surface area contributed by atoms with Crippen molar-refractivity contribution < 1.29 is 9.53 Å². The topological polar surface area (TPSA) is 55.6 Å². The second kappa shape index (κ2) is 8.61. The van der Waals surface area contributed by atoms with Gasteiger partial charge in [-0.1, -0.05) is 17.7 Å². The summed E-state index contributed by atoms with van der Waals surface area (Å²) in [6, 6.07) is 7.18. The predicted octanol–water partition coefficient (Wildman–Crippen LogP) is 3.26. The maximum Gasteiger partial charge on any atom is 0.263 e. The van der Waals surface area contributed by atoms with E-state index >= 15 is 0 Å². The molecule has 0 bridgehead atoms. The number of carbonyl (C=O) groups excluding carboxylic acids is 1. The van der Waals surface area contributed by atoms with Gasteiger partial charge < -0.3 is 15.4 Å². The van der Waals surface area contributed by atoms with E-state index in [9.17, 15) is 4.79 Å². The number of rotatable bonds is 4. The lowest BCUT2D eigenvalue weighted by Crippen LogP contribution is -2.54. The summed E-state index contributed by atoms with van der Waals surface area (Å²) in [7, 11) is 0. The van der Waals surface area contributed by atoms with Crippen LogP contribution in [0.4, 0.5) is 0 Å². The fourth-order valence-corrected chi connectivity index (χ4v) is 2.99. The number of piperidine rings is 1. The van der Waals surface area contributed by atoms with Crippen molar-refractivity contribution in [1.29, 1.82) is 0 Å². The molecule has 1 aliphatic heterocycles. The van der Waals surface area contributed by atoms with Crippen LogP contribution in [-0.4, -0.2) is 35.5 Å². The standard InChI is InChI=1S/C16H23ClN2O2.ClH/c1-11(18)15-8-3-4-9-19(15)16(20)12(2)21-14-7-5-6-13(17)10-14;/h5-7,10-12,15H,3-4,8-9,18H2,1-2H3;1H. The summed E-state index contributed by atoms with van der Waals surface area (Å²) in [6.45, 7) is 4.49. The van der Waals surface area contributed by atoms with Gasteiger partial charge >= 0.3 is 0 Å². The van der Waals surface area contributed by atoms with Gasteiger partial charge in [-0.15, -0.1) is 12.4 Å². The monoisotopic (exact) mass is 346 g/mol. The number of likely N-dealkylation sites (tertiary alicyclic amines) is 1. The minimum atomic E-state index is -0.539. The van der Waals surface area contributed by atoms with Crippen LogP contribution in [0.3, 0.4) is 0 Å². The molecule has 1 aromatic carbocycles. The zero-order valence-corrected chi connectivity index (χ0v) is 14.6. The summed E-state index contributed by atoms with van der Waals surface area (Å²) < 4.78 is 5.72. The van der Waals surface area contributed by atoms with Crippen molar-refractivity contribution in [3.05, 3.63) is 29.3 Å². The number of nitrogens with zero attached hydrogens (tertiary/aromatic N) is 1. The summed E-state index contributed by atoms with van der Waals surface area (Å²) in [4.78, 5) is 14.5. The summed E-state index contributed by atoms with van der Waals surface area (Å²) in [6.07, 6.45) is 2.58. The first kappa shape index (κ1) is 19.1. The third-order valence-electron chi connectivity index (χ3n) is 3.90. The van der Waals surface area contributed by atoms with Gasteiger partial charge in [0.15, 0.2) is 6.10 Å². The minimum Gasteiger partial charge on any atom is -0.481 e. The lowest BCUT2D eigenvalue weighted by molar-refractivity contribution is -0.142. The van der Waals surface area contributed by atoms with Gasteiger partial charge in [0, 0.05) is 23.7 Å². The van der Waals surface area contributed by atoms with E-state index < -0.39 is 6.10 Å². The fraction of sp³-hybridized carbons (Fsp3) is 0.562. The molecule has 1 aliphatic rings. The molecule has 2 N–H and O–H groups in total. The molecule has 1 fully saturated rings. The van der Waals surface area contributed by atoms with Crippen LogP contribution < -0.4 is 10.5 Å². The van der Waals surface area contributed by atoms with Crippen LogP contribution in [0.2, 0.25) is 5.02 Å². The highest BCUT2D eigenvalue weighted by atomic mass is 35.5. The second-order valence-corrected chi connectivity index (χ2v) is 6.11. The number of halogens is 2. The lowest BCUT2D eigenvalue weighted by atomic mass is 9.96. The fourth-order valence-electron chi connectivity index (χ4n) is 2.81. The number of nitrogens with two attached hydrogens (primary N) is 1. The van der Waals surface area contributed by atoms with E-state index in [1.54, 1.807) is 31.2 Å². The molecule has 6 heteroatoms. The van der Waals surface area contributed by atoms with E-state index in [1.165, 1.54) is 0 Å². The number of ether oxygens (including phenoxy) is 1. The molecule has 1 saturated heterocycles. The Kier molecular flexibility index (Phi) is 7.46. The third kappa shape index (κ3) is 4.77. The summed E-state index contributed by atoms with van der Waals surface area (Å²) in [5.74, 6) is 0.606. The third-order valence-corrected chi connectivity index (χ3v) is 4.13. The zero-order valence-electron chi connectivity index (χ0n) is 13.0. The van der Waals surface area contributed by atoms with Gasteiger partial charge in [-0.2, -0.15) is 0 Å². The average Bonchev–Trinajstić information content (AvgIpc) is 2.46. The molecule has 0 spiro atoms. The maximum absolute atomic E-state index is 12.6. The Bertz CT molecular complexity index is 497. The highest BCUT2D eigenvalue weighted by Crippen LogP contribution is 2.22. The zero-order chi connectivity index (χ0) is 15.4. The van der Waals surface area contributed by atoms with Gasteiger partial charge in [0.05, 0.1) is 0 Å². The van der Waals surface area contributed by atoms with Gasteiger partial charge in [-0.3, -0.25) is 4.79 Å². The molecule has 0 saturated carbocycles. The molecule has 3 atom stereocenters. The van der Waals surface area contributed by atoms with Crippen LogP contribution in [-0.2, 0) is 4.79 Å². The average molecular weight is 347 g/mol. The molecule has 2 rings (SSSR count). The van der Waals surface area contributed by atoms with E-state index in [0.717, 1.165) is 25.8 Å². The van der Waals surface area contributed by atoms with Gasteiger partial charge in [-0.25, -0.2) is 0 Å². The molecule has 3 unspecified atom stereocenters. The van der Waals surface area contributed by atoms with Crippen molar-refractivity contribution in [3.63, 3.8) is 0 Å². The quantitative estimate of drug-likeness (QED) is 0.910. The van der Waals surface area contributed by atoms with Crippen molar-refractivity contribution in [2.45, 2.75) is 51.3 Å². The SMILES string of the molecule is CC(Oc1cccc(Cl)c1)C(=O)N1CCCCC1C(C)N.Cl. The maximum atomic E-state index is 12.6. The highest BCUT2D eigenvalue weighted by molar-refractivity contribution is 6.30. The molecule has 1 heterocycles. The molecule has 4 nitrogen and oxygen atoms in total. The van der Waals surface area contributed by atoms with E-state index in [1.807, 2.05) is 11.8 Å². The molecular formula is C16H24Cl2N2O2. The molecule has 124 valence electrons. The van der Waals surface area contributed by atoms with Crippen molar-refractivity contribution >= 4 is 29.9 Å². The van der Waals surface area contributed by atoms with Crippen LogP contribution in [0.5, 0.6) is 5.75 Å². The number of hydrogen-bond acceptors (Lipinski definition) is 3. The first-order valence-electron chi connectivity index (χ1n) is 7.47. The van der Waals surface area contributed by atoms with E-state index in [4.69, 9.17) is 22.1 Å². The van der Waals surface area contributed by atoms with Crippen LogP contribution in [0.15, 0.2) is 24.3 Å². The molecule has 1 aromatic rings. The molecule has 0 aliphatic carbocycles. The molecule has 0 aromatic heterocycles. The van der Waals surface area contributed by atoms with Gasteiger partial charge in [0.1, 0.15) is 5.75 Å². The molecule has 1 amide bonds. The van der Waals surface area contributed by atoms with Gasteiger partial charge in [0.25, 0.3) is 5.91 Å². The van der Waals surface area contributed by atoms with Gasteiger partial charge in [-0.05, 0) is 51.3 Å². The van der Waals surface area contributed by atoms with Gasteiger partial charge in [0.2, 0.25) is 0 Å². The summed E-state index contributed by atoms with van der Waals surface area (Å²) >= 11 is 5.93. The largest absolute Gasteiger partial charge is 0.481 e. The van der Waals surface area contributed by atoms with E-state index in [2.05, 4.69) is 0 Å². The molecule has 22 heavy (non-hydrogen) atoms. The van der Waals surface area contributed by atoms with Crippen LogP contribution in [0.1, 0.15) is 33.1 Å². The number of carbonyl (C=O) groups is 1. The van der Waals surface area contributed by atoms with E-state index in [-0.39, 0.29) is 30.4 Å². The molecule has 0 radical (unpaired) electrons. The number of hydrogen-bond donors (Lipinski definition) is 1. The van der Waals surface area contributed by atoms with Crippen molar-refractivity contribution in [2.24, 2.45) is 5.73 Å². The van der Waals surface area contributed by atoms with Crippen molar-refractivity contribution in [2.75, 3.05) is 6.54 Å². The Morgan fingerprint density at radius 3 is 2.77 bits per heavy atom. The normalized spacial score (nSPS) is 20.7. The lowest BCUT2D eigenvalue weighted by Gasteiger charge is -2.39. The first-order valence-corrected chi connectivity index (χ1v) is 7.85. The molecular weight excluding hydrogens is 323 g/mol. The Balaban J connectivity index is 0.00000242. The highest BCUT2D eigenvalue weighted by Gasteiger charge is 2.32. The van der Waals surface area contributed by atoms with Crippen LogP contribution >= 0.6 is 24.0 Å². The summed E-state index contributed by atoms with van der Waals surface area (Å²) in [5, 5.41) is 0.596. The van der Waals surface area contributed by atoms with E-state index in [0.29, 0.717) is 10.8 Å². The smallest absolute Gasteiger partial charge is 0.263 e. The van der Waals surface area contributed by atoms with Crippen molar-refractivity contribution in [1.82, 2.24) is 4.90 Å². The van der Waals surface area contributed by atoms with Crippen LogP contribution in [0, 0.1) is 0 Å². The first-order chi connectivity index (χ1) is 9.99. The number of amides is 1. The Labute approximate surface area is 143 Å². The number of benzene rings is 1.